The molecule has 0 fully saturated rings. The molecule has 4 nitrogen and oxygen atoms in total. The molecule has 50 heavy (non-hydrogen) atoms. The second kappa shape index (κ2) is 12.6. The van der Waals surface area contributed by atoms with E-state index in [0.29, 0.717) is 16.7 Å². The highest BCUT2D eigenvalue weighted by molar-refractivity contribution is 7.20. The van der Waals surface area contributed by atoms with Crippen LogP contribution in [0.3, 0.4) is 0 Å². The van der Waals surface area contributed by atoms with Crippen LogP contribution < -0.4 is 20.7 Å². The van der Waals surface area contributed by atoms with Crippen LogP contribution in [0.5, 0.6) is 0 Å². The molecule has 1 aromatic heterocycles. The SMILES string of the molecule is N#Cc1ccc2c(c1)c1cc(C#N)ccc1n2-c1ccc(C#N)c(-c2ccccc2[Si](c2ccccc2)(c2ccccc2)c2ccccc2)c1. The summed E-state index contributed by atoms with van der Waals surface area (Å²) in [6, 6.07) is 65.3. The van der Waals surface area contributed by atoms with Crippen LogP contribution in [0, 0.1) is 34.0 Å². The van der Waals surface area contributed by atoms with Gasteiger partial charge in [0.25, 0.3) is 0 Å². The molecule has 232 valence electrons. The van der Waals surface area contributed by atoms with Crippen molar-refractivity contribution in [3.63, 3.8) is 0 Å². The lowest BCUT2D eigenvalue weighted by Crippen LogP contribution is -2.75. The van der Waals surface area contributed by atoms with Crippen molar-refractivity contribution >= 4 is 50.6 Å². The second-order valence-electron chi connectivity index (χ2n) is 12.3. The third-order valence-electron chi connectivity index (χ3n) is 9.65. The van der Waals surface area contributed by atoms with Gasteiger partial charge in [-0.1, -0.05) is 115 Å². The first kappa shape index (κ1) is 30.4. The Balaban J connectivity index is 1.45. The molecule has 1 heterocycles. The normalized spacial score (nSPS) is 11.1. The van der Waals surface area contributed by atoms with Gasteiger partial charge in [0, 0.05) is 22.0 Å². The summed E-state index contributed by atoms with van der Waals surface area (Å²) in [5.74, 6) is 0. The van der Waals surface area contributed by atoms with Gasteiger partial charge in [0.15, 0.2) is 8.07 Å². The van der Waals surface area contributed by atoms with Crippen molar-refractivity contribution < 1.29 is 0 Å². The van der Waals surface area contributed by atoms with Gasteiger partial charge in [0.1, 0.15) is 0 Å². The molecule has 0 unspecified atom stereocenters. The zero-order valence-corrected chi connectivity index (χ0v) is 28.0. The van der Waals surface area contributed by atoms with Crippen LogP contribution in [0.15, 0.2) is 170 Å². The van der Waals surface area contributed by atoms with E-state index in [-0.39, 0.29) is 0 Å². The number of aromatic nitrogens is 1. The van der Waals surface area contributed by atoms with Gasteiger partial charge >= 0.3 is 0 Å². The summed E-state index contributed by atoms with van der Waals surface area (Å²) < 4.78 is 2.16. The fourth-order valence-electron chi connectivity index (χ4n) is 7.51. The highest BCUT2D eigenvalue weighted by atomic mass is 28.3. The predicted octanol–water partition coefficient (Wildman–Crippen LogP) is 7.44. The highest BCUT2D eigenvalue weighted by Crippen LogP contribution is 2.35. The average molecular weight is 653 g/mol. The van der Waals surface area contributed by atoms with Gasteiger partial charge in [-0.25, -0.2) is 0 Å². The minimum absolute atomic E-state index is 0.553. The van der Waals surface area contributed by atoms with E-state index in [1.807, 2.05) is 48.5 Å². The first-order valence-corrected chi connectivity index (χ1v) is 18.4. The van der Waals surface area contributed by atoms with E-state index in [9.17, 15) is 15.8 Å². The fourth-order valence-corrected chi connectivity index (χ4v) is 12.5. The number of fused-ring (bicyclic) bond motifs is 3. The molecule has 7 aromatic carbocycles. The Morgan fingerprint density at radius 3 is 1.38 bits per heavy atom. The van der Waals surface area contributed by atoms with Crippen molar-refractivity contribution in [3.05, 3.63) is 187 Å². The molecule has 0 aliphatic rings. The van der Waals surface area contributed by atoms with Gasteiger partial charge in [0.05, 0.1) is 45.9 Å². The summed E-state index contributed by atoms with van der Waals surface area (Å²) in [7, 11) is -2.93. The van der Waals surface area contributed by atoms with Crippen LogP contribution in [0.1, 0.15) is 16.7 Å². The molecule has 8 aromatic rings. The predicted molar refractivity (Wildman–Crippen MR) is 204 cm³/mol. The molecule has 0 aliphatic carbocycles. The van der Waals surface area contributed by atoms with Crippen LogP contribution in [0.4, 0.5) is 0 Å². The van der Waals surface area contributed by atoms with E-state index in [0.717, 1.165) is 38.6 Å². The molecule has 0 N–H and O–H groups in total. The van der Waals surface area contributed by atoms with Crippen LogP contribution in [-0.2, 0) is 0 Å². The van der Waals surface area contributed by atoms with Gasteiger partial charge in [-0.05, 0) is 80.9 Å². The number of hydrogen-bond acceptors (Lipinski definition) is 3. The van der Waals surface area contributed by atoms with Crippen molar-refractivity contribution in [1.29, 1.82) is 15.8 Å². The molecule has 0 aliphatic heterocycles. The number of benzene rings is 7. The van der Waals surface area contributed by atoms with Crippen LogP contribution in [0.2, 0.25) is 0 Å². The summed E-state index contributed by atoms with van der Waals surface area (Å²) in [5.41, 5.74) is 6.26. The maximum atomic E-state index is 10.6. The summed E-state index contributed by atoms with van der Waals surface area (Å²) in [6.07, 6.45) is 0. The Bertz CT molecular complexity index is 2510. The maximum Gasteiger partial charge on any atom is 0.180 e. The Hall–Kier alpha value is -6.97. The Labute approximate surface area is 291 Å². The van der Waals surface area contributed by atoms with Crippen LogP contribution in [-0.4, -0.2) is 12.6 Å². The zero-order chi connectivity index (χ0) is 34.1. The van der Waals surface area contributed by atoms with Crippen LogP contribution >= 0.6 is 0 Å². The van der Waals surface area contributed by atoms with Gasteiger partial charge in [0.2, 0.25) is 0 Å². The molecule has 0 amide bonds. The van der Waals surface area contributed by atoms with Crippen molar-refractivity contribution in [3.8, 4) is 35.0 Å². The largest absolute Gasteiger partial charge is 0.309 e. The number of rotatable bonds is 6. The molecule has 0 saturated heterocycles. The van der Waals surface area contributed by atoms with Crippen LogP contribution in [0.25, 0.3) is 38.6 Å². The quantitative estimate of drug-likeness (QED) is 0.138. The second-order valence-corrected chi connectivity index (χ2v) is 16.0. The minimum Gasteiger partial charge on any atom is -0.309 e. The topological polar surface area (TPSA) is 76.3 Å². The molecule has 0 radical (unpaired) electrons. The third-order valence-corrected chi connectivity index (χ3v) is 14.5. The highest BCUT2D eigenvalue weighted by Gasteiger charge is 2.43. The molecule has 0 atom stereocenters. The Morgan fingerprint density at radius 1 is 0.420 bits per heavy atom. The van der Waals surface area contributed by atoms with Gasteiger partial charge < -0.3 is 4.57 Å². The number of nitrogens with zero attached hydrogens (tertiary/aromatic N) is 4. The first-order valence-electron chi connectivity index (χ1n) is 16.4. The lowest BCUT2D eigenvalue weighted by molar-refractivity contribution is 1.18. The summed E-state index contributed by atoms with van der Waals surface area (Å²) >= 11 is 0. The van der Waals surface area contributed by atoms with Crippen molar-refractivity contribution in [2.75, 3.05) is 0 Å². The van der Waals surface area contributed by atoms with E-state index in [1.54, 1.807) is 0 Å². The van der Waals surface area contributed by atoms with Crippen molar-refractivity contribution in [2.45, 2.75) is 0 Å². The Morgan fingerprint density at radius 2 is 0.900 bits per heavy atom. The molecule has 0 bridgehead atoms. The van der Waals surface area contributed by atoms with Gasteiger partial charge in [-0.2, -0.15) is 15.8 Å². The molecule has 5 heteroatoms. The average Bonchev–Trinajstić information content (AvgIpc) is 3.52. The van der Waals surface area contributed by atoms with E-state index in [4.69, 9.17) is 0 Å². The molecule has 0 saturated carbocycles. The number of hydrogen-bond donors (Lipinski definition) is 0. The van der Waals surface area contributed by atoms with E-state index >= 15 is 0 Å². The molecule has 8 rings (SSSR count). The smallest absolute Gasteiger partial charge is 0.180 e. The zero-order valence-electron chi connectivity index (χ0n) is 27.0. The van der Waals surface area contributed by atoms with Crippen molar-refractivity contribution in [1.82, 2.24) is 4.57 Å². The summed E-state index contributed by atoms with van der Waals surface area (Å²) in [5, 5.41) is 36.8. The number of nitriles is 3. The molecular formula is C45H28N4Si. The van der Waals surface area contributed by atoms with E-state index < -0.39 is 8.07 Å². The minimum atomic E-state index is -2.93. The van der Waals surface area contributed by atoms with E-state index in [2.05, 4.69) is 144 Å². The summed E-state index contributed by atoms with van der Waals surface area (Å²) in [4.78, 5) is 0. The summed E-state index contributed by atoms with van der Waals surface area (Å²) in [6.45, 7) is 0. The first-order chi connectivity index (χ1) is 24.7. The maximum absolute atomic E-state index is 10.6. The Kier molecular flexibility index (Phi) is 7.63. The molecular weight excluding hydrogens is 625 g/mol. The van der Waals surface area contributed by atoms with E-state index in [1.165, 1.54) is 20.7 Å². The molecule has 0 spiro atoms. The fraction of sp³-hybridized carbons (Fsp3) is 0. The lowest BCUT2D eigenvalue weighted by Gasteiger charge is -2.36. The van der Waals surface area contributed by atoms with Gasteiger partial charge in [-0.3, -0.25) is 0 Å². The monoisotopic (exact) mass is 652 g/mol. The lowest BCUT2D eigenvalue weighted by atomic mass is 9.99. The third kappa shape index (κ3) is 4.80. The van der Waals surface area contributed by atoms with Gasteiger partial charge in [-0.15, -0.1) is 0 Å². The van der Waals surface area contributed by atoms with Crippen molar-refractivity contribution in [2.24, 2.45) is 0 Å². The standard InChI is InChI=1S/C45H28N4Si/c46-29-32-20-24-43-41(26-32)42-27-33(30-47)21-25-44(42)49(43)35-23-22-34(31-48)40(28-35)39-18-10-11-19-45(39)50(36-12-4-1-5-13-36,37-14-6-2-7-15-37)38-16-8-3-9-17-38/h1-28H.